The van der Waals surface area contributed by atoms with E-state index in [0.29, 0.717) is 12.0 Å². The minimum Gasteiger partial charge on any atom is -0.313 e. The first kappa shape index (κ1) is 13.6. The van der Waals surface area contributed by atoms with Crippen LogP contribution in [-0.2, 0) is 0 Å². The van der Waals surface area contributed by atoms with Crippen LogP contribution in [0.1, 0.15) is 69.0 Å². The van der Waals surface area contributed by atoms with Gasteiger partial charge in [-0.1, -0.05) is 57.4 Å². The lowest BCUT2D eigenvalue weighted by Crippen LogP contribution is -2.26. The molecule has 0 heterocycles. The summed E-state index contributed by atoms with van der Waals surface area (Å²) in [6, 6.07) is 9.79. The normalized spacial score (nSPS) is 19.1. The second-order valence-corrected chi connectivity index (χ2v) is 5.99. The fraction of sp³-hybridized carbons (Fsp3) is 0.647. The van der Waals surface area contributed by atoms with Gasteiger partial charge in [0.1, 0.15) is 0 Å². The van der Waals surface area contributed by atoms with Gasteiger partial charge in [-0.15, -0.1) is 0 Å². The maximum absolute atomic E-state index is 3.54. The molecule has 1 atom stereocenters. The molecule has 0 saturated heterocycles. The molecule has 1 aliphatic rings. The van der Waals surface area contributed by atoms with E-state index in [1.54, 1.807) is 0 Å². The predicted molar refractivity (Wildman–Crippen MR) is 78.9 cm³/mol. The van der Waals surface area contributed by atoms with Gasteiger partial charge in [0.15, 0.2) is 0 Å². The number of hydrogen-bond acceptors (Lipinski definition) is 1. The monoisotopic (exact) mass is 245 g/mol. The Morgan fingerprint density at radius 1 is 0.944 bits per heavy atom. The Balaban J connectivity index is 2.11. The summed E-state index contributed by atoms with van der Waals surface area (Å²) in [7, 11) is 2.11. The van der Waals surface area contributed by atoms with Crippen molar-refractivity contribution in [2.24, 2.45) is 5.92 Å². The third-order valence-corrected chi connectivity index (χ3v) is 4.39. The van der Waals surface area contributed by atoms with Crippen molar-refractivity contribution in [3.8, 4) is 0 Å². The van der Waals surface area contributed by atoms with Crippen LogP contribution in [0.25, 0.3) is 0 Å². The van der Waals surface area contributed by atoms with E-state index in [9.17, 15) is 0 Å². The van der Waals surface area contributed by atoms with Crippen LogP contribution in [0.5, 0.6) is 0 Å². The summed E-state index contributed by atoms with van der Waals surface area (Å²) in [5, 5.41) is 3.54. The molecule has 1 nitrogen and oxygen atoms in total. The van der Waals surface area contributed by atoms with Crippen LogP contribution < -0.4 is 5.32 Å². The highest BCUT2D eigenvalue weighted by atomic mass is 14.9. The van der Waals surface area contributed by atoms with E-state index in [4.69, 9.17) is 0 Å². The van der Waals surface area contributed by atoms with Gasteiger partial charge in [-0.05, 0) is 42.9 Å². The molecule has 18 heavy (non-hydrogen) atoms. The molecule has 0 bridgehead atoms. The van der Waals surface area contributed by atoms with E-state index in [1.807, 2.05) is 0 Å². The minimum atomic E-state index is 0.548. The van der Waals surface area contributed by atoms with Gasteiger partial charge in [-0.3, -0.25) is 0 Å². The van der Waals surface area contributed by atoms with E-state index in [2.05, 4.69) is 50.5 Å². The number of rotatable bonds is 4. The largest absolute Gasteiger partial charge is 0.313 e. The van der Waals surface area contributed by atoms with E-state index in [0.717, 1.165) is 5.92 Å². The number of nitrogens with one attached hydrogen (secondary N) is 1. The Hall–Kier alpha value is -0.820. The third-order valence-electron chi connectivity index (χ3n) is 4.39. The molecule has 0 spiro atoms. The Labute approximate surface area is 112 Å². The van der Waals surface area contributed by atoms with Gasteiger partial charge < -0.3 is 5.32 Å². The van der Waals surface area contributed by atoms with Gasteiger partial charge in [-0.25, -0.2) is 0 Å². The zero-order valence-electron chi connectivity index (χ0n) is 12.1. The Bertz CT molecular complexity index is 346. The second-order valence-electron chi connectivity index (χ2n) is 5.99. The molecule has 1 unspecified atom stereocenters. The van der Waals surface area contributed by atoms with Gasteiger partial charge in [0, 0.05) is 6.04 Å². The Morgan fingerprint density at radius 2 is 1.50 bits per heavy atom. The predicted octanol–water partition coefficient (Wildman–Crippen LogP) is 4.65. The molecular weight excluding hydrogens is 218 g/mol. The van der Waals surface area contributed by atoms with Crippen molar-refractivity contribution < 1.29 is 0 Å². The maximum atomic E-state index is 3.54. The highest BCUT2D eigenvalue weighted by molar-refractivity contribution is 5.27. The molecule has 2 rings (SSSR count). The summed E-state index contributed by atoms with van der Waals surface area (Å²) < 4.78 is 0. The second kappa shape index (κ2) is 6.38. The molecule has 0 aliphatic heterocycles. The van der Waals surface area contributed by atoms with Gasteiger partial charge in [0.25, 0.3) is 0 Å². The molecule has 0 amide bonds. The van der Waals surface area contributed by atoms with E-state index < -0.39 is 0 Å². The SMILES string of the molecule is CNC(c1ccc(C(C)C)cc1)C1CCCCC1. The van der Waals surface area contributed by atoms with Crippen LogP contribution >= 0.6 is 0 Å². The first-order valence-electron chi connectivity index (χ1n) is 7.49. The fourth-order valence-corrected chi connectivity index (χ4v) is 3.23. The lowest BCUT2D eigenvalue weighted by atomic mass is 9.81. The van der Waals surface area contributed by atoms with Crippen LogP contribution in [0.2, 0.25) is 0 Å². The van der Waals surface area contributed by atoms with Gasteiger partial charge in [-0.2, -0.15) is 0 Å². The molecule has 1 saturated carbocycles. The summed E-state index contributed by atoms with van der Waals surface area (Å²) >= 11 is 0. The molecule has 100 valence electrons. The van der Waals surface area contributed by atoms with Crippen molar-refractivity contribution in [3.63, 3.8) is 0 Å². The Kier molecular flexibility index (Phi) is 4.82. The molecule has 1 aromatic rings. The fourth-order valence-electron chi connectivity index (χ4n) is 3.23. The van der Waals surface area contributed by atoms with Crippen molar-refractivity contribution in [1.82, 2.24) is 5.32 Å². The molecule has 0 aromatic heterocycles. The smallest absolute Gasteiger partial charge is 0.0346 e. The van der Waals surface area contributed by atoms with E-state index in [1.165, 1.54) is 43.2 Å². The van der Waals surface area contributed by atoms with Crippen LogP contribution in [-0.4, -0.2) is 7.05 Å². The average Bonchev–Trinajstić information content (AvgIpc) is 2.41. The summed E-state index contributed by atoms with van der Waals surface area (Å²) in [4.78, 5) is 0. The van der Waals surface area contributed by atoms with Crippen LogP contribution in [0.3, 0.4) is 0 Å². The lowest BCUT2D eigenvalue weighted by molar-refractivity contribution is 0.281. The average molecular weight is 245 g/mol. The number of benzene rings is 1. The van der Waals surface area contributed by atoms with Crippen molar-refractivity contribution in [2.75, 3.05) is 7.05 Å². The number of hydrogen-bond donors (Lipinski definition) is 1. The lowest BCUT2D eigenvalue weighted by Gasteiger charge is -2.30. The highest BCUT2D eigenvalue weighted by Crippen LogP contribution is 2.34. The molecule has 1 aliphatic carbocycles. The Morgan fingerprint density at radius 3 is 2.00 bits per heavy atom. The first-order valence-corrected chi connectivity index (χ1v) is 7.49. The highest BCUT2D eigenvalue weighted by Gasteiger charge is 2.23. The molecule has 1 fully saturated rings. The summed E-state index contributed by atoms with van der Waals surface area (Å²) in [5.41, 5.74) is 2.91. The summed E-state index contributed by atoms with van der Waals surface area (Å²) in [5.74, 6) is 1.45. The van der Waals surface area contributed by atoms with Crippen molar-refractivity contribution in [2.45, 2.75) is 57.9 Å². The molecule has 1 N–H and O–H groups in total. The maximum Gasteiger partial charge on any atom is 0.0346 e. The topological polar surface area (TPSA) is 12.0 Å². The molecular formula is C17H27N. The van der Waals surface area contributed by atoms with Crippen LogP contribution in [0.15, 0.2) is 24.3 Å². The van der Waals surface area contributed by atoms with Gasteiger partial charge in [0.2, 0.25) is 0 Å². The van der Waals surface area contributed by atoms with Gasteiger partial charge in [0.05, 0.1) is 0 Å². The van der Waals surface area contributed by atoms with Crippen LogP contribution in [0, 0.1) is 5.92 Å². The minimum absolute atomic E-state index is 0.548. The van der Waals surface area contributed by atoms with Gasteiger partial charge >= 0.3 is 0 Å². The molecule has 1 heteroatoms. The zero-order chi connectivity index (χ0) is 13.0. The van der Waals surface area contributed by atoms with Crippen LogP contribution in [0.4, 0.5) is 0 Å². The van der Waals surface area contributed by atoms with Crippen molar-refractivity contribution >= 4 is 0 Å². The quantitative estimate of drug-likeness (QED) is 0.814. The van der Waals surface area contributed by atoms with Crippen molar-refractivity contribution in [3.05, 3.63) is 35.4 Å². The standard InChI is InChI=1S/C17H27N/c1-13(2)14-9-11-16(12-10-14)17(18-3)15-7-5-4-6-8-15/h9-13,15,17-18H,4-8H2,1-3H3. The molecule has 0 radical (unpaired) electrons. The third kappa shape index (κ3) is 3.14. The zero-order valence-corrected chi connectivity index (χ0v) is 12.1. The summed E-state index contributed by atoms with van der Waals surface area (Å²) in [6.45, 7) is 4.51. The van der Waals surface area contributed by atoms with E-state index in [-0.39, 0.29) is 0 Å². The molecule has 1 aromatic carbocycles. The summed E-state index contributed by atoms with van der Waals surface area (Å²) in [6.07, 6.45) is 7.02. The van der Waals surface area contributed by atoms with Crippen molar-refractivity contribution in [1.29, 1.82) is 0 Å². The first-order chi connectivity index (χ1) is 8.72. The van der Waals surface area contributed by atoms with E-state index >= 15 is 0 Å².